The highest BCUT2D eigenvalue weighted by atomic mass is 19.1. The average molecular weight is 579 g/mol. The first-order valence-corrected chi connectivity index (χ1v) is 13.6. The Morgan fingerprint density at radius 3 is 2.31 bits per heavy atom. The molecule has 2 aromatic carbocycles. The minimum atomic E-state index is -1.44. The molecular formula is C30H32F2N6O4. The van der Waals surface area contributed by atoms with Gasteiger partial charge in [-0.1, -0.05) is 0 Å². The third kappa shape index (κ3) is 6.03. The van der Waals surface area contributed by atoms with Gasteiger partial charge in [-0.2, -0.15) is 0 Å². The van der Waals surface area contributed by atoms with Gasteiger partial charge in [0.25, 0.3) is 0 Å². The zero-order valence-electron chi connectivity index (χ0n) is 23.3. The second-order valence-electron chi connectivity index (χ2n) is 10.7. The molecule has 10 nitrogen and oxygen atoms in total. The van der Waals surface area contributed by atoms with Crippen LogP contribution in [0.4, 0.5) is 30.8 Å². The number of halogens is 2. The molecule has 0 spiro atoms. The summed E-state index contributed by atoms with van der Waals surface area (Å²) in [4.78, 5) is 47.5. The maximum absolute atomic E-state index is 15.5. The van der Waals surface area contributed by atoms with E-state index in [4.69, 9.17) is 10.5 Å². The summed E-state index contributed by atoms with van der Waals surface area (Å²) in [6.45, 7) is 1.84. The molecule has 12 heteroatoms. The van der Waals surface area contributed by atoms with E-state index >= 15 is 4.39 Å². The molecule has 0 bridgehead atoms. The molecule has 1 aliphatic carbocycles. The number of nitrogens with zero attached hydrogens (tertiary/aromatic N) is 4. The highest BCUT2D eigenvalue weighted by Gasteiger charge is 2.57. The highest BCUT2D eigenvalue weighted by molar-refractivity contribution is 6.16. The van der Waals surface area contributed by atoms with Crippen LogP contribution in [-0.4, -0.2) is 65.9 Å². The lowest BCUT2D eigenvalue weighted by Gasteiger charge is -2.34. The summed E-state index contributed by atoms with van der Waals surface area (Å²) in [6.07, 6.45) is 3.71. The van der Waals surface area contributed by atoms with Gasteiger partial charge in [0.15, 0.2) is 5.82 Å². The first kappa shape index (κ1) is 28.9. The number of pyridine rings is 1. The molecule has 2 aliphatic rings. The first-order chi connectivity index (χ1) is 20.1. The third-order valence-corrected chi connectivity index (χ3v) is 7.84. The number of primary amides is 1. The van der Waals surface area contributed by atoms with Crippen LogP contribution in [-0.2, 0) is 9.59 Å². The Morgan fingerprint density at radius 2 is 1.69 bits per heavy atom. The number of piperidine rings is 1. The van der Waals surface area contributed by atoms with Gasteiger partial charge >= 0.3 is 6.03 Å². The van der Waals surface area contributed by atoms with Crippen molar-refractivity contribution in [2.45, 2.75) is 31.7 Å². The lowest BCUT2D eigenvalue weighted by Crippen LogP contribution is -2.46. The minimum Gasteiger partial charge on any atom is -0.457 e. The van der Waals surface area contributed by atoms with E-state index in [9.17, 15) is 18.8 Å². The number of benzene rings is 2. The van der Waals surface area contributed by atoms with Crippen molar-refractivity contribution in [2.75, 3.05) is 37.4 Å². The predicted octanol–water partition coefficient (Wildman–Crippen LogP) is 4.64. The number of carbonyl (C=O) groups excluding carboxylic acids is 3. The number of amides is 4. The number of urea groups is 1. The van der Waals surface area contributed by atoms with Gasteiger partial charge in [-0.3, -0.25) is 19.8 Å². The molecule has 1 aromatic heterocycles. The van der Waals surface area contributed by atoms with Gasteiger partial charge in [-0.05, 0) is 88.3 Å². The molecule has 0 radical (unpaired) electrons. The molecule has 2 fully saturated rings. The monoisotopic (exact) mass is 578 g/mol. The summed E-state index contributed by atoms with van der Waals surface area (Å²) in [7, 11) is 3.81. The Labute approximate surface area is 242 Å². The Balaban J connectivity index is 1.32. The van der Waals surface area contributed by atoms with E-state index in [1.807, 2.05) is 0 Å². The molecular weight excluding hydrogens is 546 g/mol. The Morgan fingerprint density at radius 1 is 1.02 bits per heavy atom. The Kier molecular flexibility index (Phi) is 8.08. The number of hydrogen-bond donors (Lipinski definition) is 2. The average Bonchev–Trinajstić information content (AvgIpc) is 3.78. The van der Waals surface area contributed by atoms with Crippen LogP contribution in [0.1, 0.15) is 25.7 Å². The van der Waals surface area contributed by atoms with E-state index in [0.717, 1.165) is 49.0 Å². The molecule has 0 unspecified atom stereocenters. The molecule has 1 aliphatic heterocycles. The Hall–Kier alpha value is -4.58. The minimum absolute atomic E-state index is 0.116. The lowest BCUT2D eigenvalue weighted by atomic mass is 10.0. The van der Waals surface area contributed by atoms with Crippen LogP contribution >= 0.6 is 0 Å². The van der Waals surface area contributed by atoms with E-state index in [0.29, 0.717) is 5.75 Å². The first-order valence-electron chi connectivity index (χ1n) is 13.6. The number of rotatable bonds is 8. The van der Waals surface area contributed by atoms with Crippen LogP contribution in [0.5, 0.6) is 11.5 Å². The zero-order valence-corrected chi connectivity index (χ0v) is 23.3. The number of ether oxygens (including phenoxy) is 1. The van der Waals surface area contributed by atoms with Crippen molar-refractivity contribution >= 4 is 35.0 Å². The number of nitrogens with two attached hydrogens (primary N) is 1. The molecule has 2 heterocycles. The normalized spacial score (nSPS) is 16.4. The van der Waals surface area contributed by atoms with Crippen molar-refractivity contribution in [2.24, 2.45) is 11.1 Å². The van der Waals surface area contributed by atoms with E-state index in [-0.39, 0.29) is 47.9 Å². The molecule has 1 saturated carbocycles. The maximum Gasteiger partial charge on any atom is 0.323 e. The van der Waals surface area contributed by atoms with Crippen molar-refractivity contribution in [3.63, 3.8) is 0 Å². The van der Waals surface area contributed by atoms with Gasteiger partial charge in [0.1, 0.15) is 28.5 Å². The summed E-state index contributed by atoms with van der Waals surface area (Å²) in [6, 6.07) is 11.7. The number of aromatic nitrogens is 1. The van der Waals surface area contributed by atoms with Gasteiger partial charge in [-0.15, -0.1) is 0 Å². The fourth-order valence-corrected chi connectivity index (χ4v) is 5.02. The maximum atomic E-state index is 15.5. The van der Waals surface area contributed by atoms with Crippen LogP contribution < -0.4 is 20.7 Å². The quantitative estimate of drug-likeness (QED) is 0.376. The fraction of sp³-hybridized carbons (Fsp3) is 0.333. The number of nitrogens with one attached hydrogen (secondary N) is 1. The molecule has 5 rings (SSSR count). The number of carbonyl (C=O) groups is 3. The van der Waals surface area contributed by atoms with Crippen LogP contribution in [0.15, 0.2) is 60.8 Å². The number of anilines is 3. The molecule has 3 aromatic rings. The molecule has 0 atom stereocenters. The van der Waals surface area contributed by atoms with Crippen molar-refractivity contribution in [3.8, 4) is 11.5 Å². The molecule has 4 amide bonds. The van der Waals surface area contributed by atoms with E-state index in [2.05, 4.69) is 22.2 Å². The second kappa shape index (κ2) is 11.7. The van der Waals surface area contributed by atoms with Crippen molar-refractivity contribution in [1.29, 1.82) is 0 Å². The second-order valence-corrected chi connectivity index (χ2v) is 10.7. The Bertz CT molecular complexity index is 1490. The summed E-state index contributed by atoms with van der Waals surface area (Å²) >= 11 is 0. The van der Waals surface area contributed by atoms with Crippen LogP contribution in [0.3, 0.4) is 0 Å². The highest BCUT2D eigenvalue weighted by Crippen LogP contribution is 2.49. The van der Waals surface area contributed by atoms with Gasteiger partial charge < -0.3 is 20.3 Å². The summed E-state index contributed by atoms with van der Waals surface area (Å²) < 4.78 is 35.0. The van der Waals surface area contributed by atoms with Gasteiger partial charge in [-0.25, -0.2) is 18.6 Å². The topological polar surface area (TPSA) is 121 Å². The smallest absolute Gasteiger partial charge is 0.323 e. The number of hydrogen-bond acceptors (Lipinski definition) is 6. The van der Waals surface area contributed by atoms with Crippen LogP contribution in [0, 0.1) is 17.0 Å². The molecule has 3 N–H and O–H groups in total. The van der Waals surface area contributed by atoms with E-state index < -0.39 is 28.9 Å². The summed E-state index contributed by atoms with van der Waals surface area (Å²) in [5, 5.41) is 2.78. The molecule has 1 saturated heterocycles. The van der Waals surface area contributed by atoms with Crippen molar-refractivity contribution in [3.05, 3.63) is 72.4 Å². The van der Waals surface area contributed by atoms with E-state index in [1.54, 1.807) is 18.0 Å². The fourth-order valence-electron chi connectivity index (χ4n) is 5.02. The molecule has 42 heavy (non-hydrogen) atoms. The SMILES string of the molecule is CN1CCC(N(C)C(=O)Nc2cc(Oc3ccc(N(C(=O)C4(C(N)=O)CC4)c4ccc(F)cc4)c(F)c3)ccn2)CC1. The zero-order chi connectivity index (χ0) is 30.0. The van der Waals surface area contributed by atoms with Gasteiger partial charge in [0.2, 0.25) is 11.8 Å². The summed E-state index contributed by atoms with van der Waals surface area (Å²) in [5.41, 5.74) is 4.10. The van der Waals surface area contributed by atoms with Crippen molar-refractivity contribution in [1.82, 2.24) is 14.8 Å². The number of likely N-dealkylation sites (tertiary alicyclic amines) is 1. The summed E-state index contributed by atoms with van der Waals surface area (Å²) in [5.74, 6) is -2.14. The van der Waals surface area contributed by atoms with Crippen LogP contribution in [0.25, 0.3) is 0 Å². The molecule has 220 valence electrons. The standard InChI is InChI=1S/C30H32F2N6O4/c1-36-15-10-20(11-16-36)37(2)29(41)35-26-18-23(9-14-34-26)42-22-7-8-25(24(32)17-22)38(21-5-3-19(31)4-6-21)28(40)30(12-13-30)27(33)39/h3-9,14,17-18,20H,10-13,15-16H2,1-2H3,(H2,33,39)(H,34,35,41). The van der Waals surface area contributed by atoms with Crippen molar-refractivity contribution < 1.29 is 27.9 Å². The van der Waals surface area contributed by atoms with Crippen LogP contribution in [0.2, 0.25) is 0 Å². The largest absolute Gasteiger partial charge is 0.457 e. The van der Waals surface area contributed by atoms with Gasteiger partial charge in [0.05, 0.1) is 5.69 Å². The predicted molar refractivity (Wildman–Crippen MR) is 152 cm³/mol. The lowest BCUT2D eigenvalue weighted by molar-refractivity contribution is -0.133. The van der Waals surface area contributed by atoms with Gasteiger partial charge in [0, 0.05) is 37.1 Å². The van der Waals surface area contributed by atoms with E-state index in [1.165, 1.54) is 36.5 Å². The third-order valence-electron chi connectivity index (χ3n) is 7.84.